The van der Waals surface area contributed by atoms with E-state index in [0.29, 0.717) is 5.56 Å². The summed E-state index contributed by atoms with van der Waals surface area (Å²) in [6, 6.07) is 3.29. The fourth-order valence-electron chi connectivity index (χ4n) is 1.47. The van der Waals surface area contributed by atoms with Crippen molar-refractivity contribution >= 4 is 11.7 Å². The van der Waals surface area contributed by atoms with Crippen LogP contribution in [0.4, 0.5) is 10.1 Å². The van der Waals surface area contributed by atoms with E-state index in [-0.39, 0.29) is 13.0 Å². The largest absolute Gasteiger partial charge is 0.481 e. The molecule has 0 amide bonds. The van der Waals surface area contributed by atoms with Crippen molar-refractivity contribution in [1.82, 2.24) is 0 Å². The lowest BCUT2D eigenvalue weighted by molar-refractivity contribution is -0.387. The number of carboxylic acid groups (broad SMARTS) is 1. The monoisotopic (exact) mass is 242 g/mol. The molecule has 6 nitrogen and oxygen atoms in total. The lowest BCUT2D eigenvalue weighted by atomic mass is 9.95. The van der Waals surface area contributed by atoms with Crippen LogP contribution in [0.25, 0.3) is 0 Å². The van der Waals surface area contributed by atoms with Crippen molar-refractivity contribution in [3.05, 3.63) is 39.7 Å². The number of nitro benzene ring substituents is 1. The lowest BCUT2D eigenvalue weighted by Crippen LogP contribution is -2.16. The van der Waals surface area contributed by atoms with E-state index in [1.54, 1.807) is 0 Å². The molecule has 1 unspecified atom stereocenters. The standard InChI is InChI=1S/C10H11FN2O4/c11-8-3-6(1-2-9(8)13(16)17)7(5-12)4-10(14)15/h1-3,7H,4-5,12H2,(H,14,15). The Morgan fingerprint density at radius 1 is 1.59 bits per heavy atom. The van der Waals surface area contributed by atoms with Gasteiger partial charge in [-0.2, -0.15) is 4.39 Å². The van der Waals surface area contributed by atoms with Crippen LogP contribution >= 0.6 is 0 Å². The van der Waals surface area contributed by atoms with Crippen molar-refractivity contribution in [3.8, 4) is 0 Å². The smallest absolute Gasteiger partial charge is 0.304 e. The summed E-state index contributed by atoms with van der Waals surface area (Å²) in [4.78, 5) is 20.1. The topological polar surface area (TPSA) is 106 Å². The number of nitrogens with zero attached hydrogens (tertiary/aromatic N) is 1. The molecule has 0 aromatic heterocycles. The van der Waals surface area contributed by atoms with Crippen molar-refractivity contribution < 1.29 is 19.2 Å². The van der Waals surface area contributed by atoms with Gasteiger partial charge in [0.15, 0.2) is 0 Å². The van der Waals surface area contributed by atoms with Crippen LogP contribution in [0, 0.1) is 15.9 Å². The van der Waals surface area contributed by atoms with Gasteiger partial charge in [-0.1, -0.05) is 6.07 Å². The number of rotatable bonds is 5. The molecule has 3 N–H and O–H groups in total. The van der Waals surface area contributed by atoms with Crippen LogP contribution in [0.3, 0.4) is 0 Å². The van der Waals surface area contributed by atoms with Crippen LogP contribution in [0.15, 0.2) is 18.2 Å². The maximum Gasteiger partial charge on any atom is 0.304 e. The summed E-state index contributed by atoms with van der Waals surface area (Å²) in [5, 5.41) is 19.0. The third-order valence-corrected chi connectivity index (χ3v) is 2.35. The number of halogens is 1. The fourth-order valence-corrected chi connectivity index (χ4v) is 1.47. The average molecular weight is 242 g/mol. The van der Waals surface area contributed by atoms with Crippen LogP contribution in [0.1, 0.15) is 17.9 Å². The first-order valence-electron chi connectivity index (χ1n) is 4.81. The van der Waals surface area contributed by atoms with Gasteiger partial charge < -0.3 is 10.8 Å². The van der Waals surface area contributed by atoms with Gasteiger partial charge in [-0.25, -0.2) is 0 Å². The predicted octanol–water partition coefficient (Wildman–Crippen LogP) is 1.25. The minimum absolute atomic E-state index is 0.0313. The van der Waals surface area contributed by atoms with Gasteiger partial charge in [0, 0.05) is 12.0 Å². The van der Waals surface area contributed by atoms with Crippen molar-refractivity contribution in [2.45, 2.75) is 12.3 Å². The van der Waals surface area contributed by atoms with Gasteiger partial charge in [0.1, 0.15) is 0 Å². The van der Waals surface area contributed by atoms with E-state index in [9.17, 15) is 19.3 Å². The molecule has 17 heavy (non-hydrogen) atoms. The van der Waals surface area contributed by atoms with Crippen LogP contribution in [0.5, 0.6) is 0 Å². The zero-order valence-electron chi connectivity index (χ0n) is 8.80. The first kappa shape index (κ1) is 13.0. The summed E-state index contributed by atoms with van der Waals surface area (Å²) in [5.41, 5.74) is 5.09. The maximum atomic E-state index is 13.3. The highest BCUT2D eigenvalue weighted by molar-refractivity contribution is 5.68. The Morgan fingerprint density at radius 2 is 2.24 bits per heavy atom. The predicted molar refractivity (Wildman–Crippen MR) is 57.1 cm³/mol. The minimum atomic E-state index is -1.06. The van der Waals surface area contributed by atoms with Crippen LogP contribution in [-0.2, 0) is 4.79 Å². The first-order valence-corrected chi connectivity index (χ1v) is 4.81. The molecule has 0 aliphatic rings. The first-order chi connectivity index (χ1) is 7.95. The molecule has 0 spiro atoms. The molecule has 1 atom stereocenters. The molecule has 0 saturated heterocycles. The Bertz CT molecular complexity index is 450. The molecule has 92 valence electrons. The molecule has 0 bridgehead atoms. The normalized spacial score (nSPS) is 12.1. The van der Waals surface area contributed by atoms with Crippen LogP contribution in [-0.4, -0.2) is 22.5 Å². The Morgan fingerprint density at radius 3 is 2.65 bits per heavy atom. The second-order valence-electron chi connectivity index (χ2n) is 3.50. The van der Waals surface area contributed by atoms with Gasteiger partial charge in [-0.3, -0.25) is 14.9 Å². The summed E-state index contributed by atoms with van der Waals surface area (Å²) in [5.74, 6) is -2.60. The second kappa shape index (κ2) is 5.35. The van der Waals surface area contributed by atoms with Crippen LogP contribution in [0.2, 0.25) is 0 Å². The molecular weight excluding hydrogens is 231 g/mol. The number of carbonyl (C=O) groups is 1. The summed E-state index contributed by atoms with van der Waals surface area (Å²) in [7, 11) is 0. The van der Waals surface area contributed by atoms with Gasteiger partial charge >= 0.3 is 11.7 Å². The highest BCUT2D eigenvalue weighted by Gasteiger charge is 2.19. The number of carboxylic acids is 1. The third kappa shape index (κ3) is 3.22. The summed E-state index contributed by atoms with van der Waals surface area (Å²) in [6.45, 7) is 0.0313. The van der Waals surface area contributed by atoms with Gasteiger partial charge in [0.05, 0.1) is 11.3 Å². The molecule has 1 aromatic carbocycles. The zero-order chi connectivity index (χ0) is 13.0. The van der Waals surface area contributed by atoms with E-state index in [2.05, 4.69) is 0 Å². The molecule has 0 fully saturated rings. The number of nitrogens with two attached hydrogens (primary N) is 1. The number of hydrogen-bond donors (Lipinski definition) is 2. The van der Waals surface area contributed by atoms with Crippen LogP contribution < -0.4 is 5.73 Å². The zero-order valence-corrected chi connectivity index (χ0v) is 8.80. The summed E-state index contributed by atoms with van der Waals surface area (Å²) in [6.07, 6.45) is -0.242. The summed E-state index contributed by atoms with van der Waals surface area (Å²) >= 11 is 0. The Labute approximate surface area is 96.0 Å². The van der Waals surface area contributed by atoms with Crippen molar-refractivity contribution in [3.63, 3.8) is 0 Å². The van der Waals surface area contributed by atoms with E-state index in [4.69, 9.17) is 10.8 Å². The lowest BCUT2D eigenvalue weighted by Gasteiger charge is -2.12. The highest BCUT2D eigenvalue weighted by atomic mass is 19.1. The highest BCUT2D eigenvalue weighted by Crippen LogP contribution is 2.24. The Kier molecular flexibility index (Phi) is 4.11. The molecule has 1 aromatic rings. The maximum absolute atomic E-state index is 13.3. The Hall–Kier alpha value is -2.02. The second-order valence-corrected chi connectivity index (χ2v) is 3.50. The van der Waals surface area contributed by atoms with Gasteiger partial charge in [0.25, 0.3) is 0 Å². The van der Waals surface area contributed by atoms with E-state index < -0.39 is 28.3 Å². The Balaban J connectivity index is 3.02. The molecule has 0 heterocycles. The van der Waals surface area contributed by atoms with E-state index >= 15 is 0 Å². The molecule has 1 rings (SSSR count). The number of hydrogen-bond acceptors (Lipinski definition) is 4. The van der Waals surface area contributed by atoms with Crippen molar-refractivity contribution in [1.29, 1.82) is 0 Å². The van der Waals surface area contributed by atoms with Crippen molar-refractivity contribution in [2.75, 3.05) is 6.54 Å². The summed E-state index contributed by atoms with van der Waals surface area (Å²) < 4.78 is 13.3. The third-order valence-electron chi connectivity index (χ3n) is 2.35. The number of benzene rings is 1. The number of nitro groups is 1. The molecule has 0 aliphatic carbocycles. The quantitative estimate of drug-likeness (QED) is 0.597. The van der Waals surface area contributed by atoms with E-state index in [1.165, 1.54) is 6.07 Å². The SMILES string of the molecule is NCC(CC(=O)O)c1ccc([N+](=O)[O-])c(F)c1. The molecule has 0 radical (unpaired) electrons. The number of aliphatic carboxylic acids is 1. The molecule has 7 heteroatoms. The van der Waals surface area contributed by atoms with Crippen molar-refractivity contribution in [2.24, 2.45) is 5.73 Å². The molecule has 0 saturated carbocycles. The fraction of sp³-hybridized carbons (Fsp3) is 0.300. The van der Waals surface area contributed by atoms with E-state index in [1.807, 2.05) is 0 Å². The molecule has 0 aliphatic heterocycles. The minimum Gasteiger partial charge on any atom is -0.481 e. The van der Waals surface area contributed by atoms with Gasteiger partial charge in [0.2, 0.25) is 5.82 Å². The van der Waals surface area contributed by atoms with Gasteiger partial charge in [-0.05, 0) is 18.2 Å². The van der Waals surface area contributed by atoms with E-state index in [0.717, 1.165) is 12.1 Å². The van der Waals surface area contributed by atoms with Gasteiger partial charge in [-0.15, -0.1) is 0 Å². The molecular formula is C10H11FN2O4. The average Bonchev–Trinajstić information content (AvgIpc) is 2.24.